The maximum atomic E-state index is 12.2. The second kappa shape index (κ2) is 6.99. The third-order valence-corrected chi connectivity index (χ3v) is 3.97. The van der Waals surface area contributed by atoms with E-state index in [1.807, 2.05) is 12.1 Å². The molecule has 0 aliphatic rings. The summed E-state index contributed by atoms with van der Waals surface area (Å²) in [5.74, 6) is -2.38. The number of thioether (sulfide) groups is 1. The van der Waals surface area contributed by atoms with Crippen LogP contribution in [-0.4, -0.2) is 16.9 Å². The predicted octanol–water partition coefficient (Wildman–Crippen LogP) is 5.25. The van der Waals surface area contributed by atoms with E-state index in [0.29, 0.717) is 27.6 Å². The van der Waals surface area contributed by atoms with E-state index in [0.717, 1.165) is 11.1 Å². The fourth-order valence-electron chi connectivity index (χ4n) is 1.75. The first-order chi connectivity index (χ1) is 9.60. The molecule has 0 aromatic heterocycles. The van der Waals surface area contributed by atoms with E-state index in [-0.39, 0.29) is 5.78 Å². The monoisotopic (exact) mass is 356 g/mol. The average Bonchev–Trinajstić information content (AvgIpc) is 2.47. The van der Waals surface area contributed by atoms with Crippen LogP contribution in [-0.2, 0) is 0 Å². The minimum atomic E-state index is -2.41. The molecule has 0 atom stereocenters. The molecule has 0 radical (unpaired) electrons. The summed E-state index contributed by atoms with van der Waals surface area (Å²) in [4.78, 5) is 12.0. The lowest BCUT2D eigenvalue weighted by Crippen LogP contribution is -1.98. The van der Waals surface area contributed by atoms with Crippen LogP contribution in [0.1, 0.15) is 10.4 Å². The Hall–Kier alpha value is -1.20. The van der Waals surface area contributed by atoms with Gasteiger partial charge in [-0.05, 0) is 23.3 Å². The number of carbonyl (C=O) groups excluding carboxylic acids is 1. The number of hydrogen-bond donors (Lipinski definition) is 0. The number of Topliss-reactive ketones (excluding diaryl/α,β-unsaturated/α-hetero) is 1. The number of carbonyl (C=O) groups is 1. The van der Waals surface area contributed by atoms with Gasteiger partial charge < -0.3 is 0 Å². The van der Waals surface area contributed by atoms with Crippen LogP contribution in [0.2, 0.25) is 0 Å². The molecule has 0 N–H and O–H groups in total. The Labute approximate surface area is 128 Å². The first-order valence-electron chi connectivity index (χ1n) is 5.84. The van der Waals surface area contributed by atoms with Crippen LogP contribution in [0.4, 0.5) is 8.78 Å². The fraction of sp³-hybridized carbons (Fsp3) is 0.133. The molecule has 0 amide bonds. The Kier molecular flexibility index (Phi) is 5.31. The second-order valence-corrected chi connectivity index (χ2v) is 5.66. The highest BCUT2D eigenvalue weighted by atomic mass is 79.9. The summed E-state index contributed by atoms with van der Waals surface area (Å²) >= 11 is 3.66. The Morgan fingerprint density at radius 2 is 1.50 bits per heavy atom. The zero-order valence-electron chi connectivity index (χ0n) is 10.4. The molecule has 0 saturated carbocycles. The van der Waals surface area contributed by atoms with Gasteiger partial charge in [-0.25, -0.2) is 0 Å². The van der Waals surface area contributed by atoms with Gasteiger partial charge in [0.1, 0.15) is 0 Å². The summed E-state index contributed by atoms with van der Waals surface area (Å²) < 4.78 is 24.4. The van der Waals surface area contributed by atoms with E-state index >= 15 is 0 Å². The highest BCUT2D eigenvalue weighted by Gasteiger charge is 2.06. The lowest BCUT2D eigenvalue weighted by atomic mass is 10.0. The first-order valence-corrected chi connectivity index (χ1v) is 7.85. The maximum Gasteiger partial charge on any atom is 0.288 e. The van der Waals surface area contributed by atoms with Crippen molar-refractivity contribution >= 4 is 33.5 Å². The molecule has 2 rings (SSSR count). The van der Waals surface area contributed by atoms with Gasteiger partial charge in [0.25, 0.3) is 5.76 Å². The molecular weight excluding hydrogens is 346 g/mol. The van der Waals surface area contributed by atoms with Crippen molar-refractivity contribution in [3.63, 3.8) is 0 Å². The summed E-state index contributed by atoms with van der Waals surface area (Å²) in [5.41, 5.74) is 2.53. The van der Waals surface area contributed by atoms with Crippen molar-refractivity contribution < 1.29 is 13.6 Å². The Morgan fingerprint density at radius 1 is 1.00 bits per heavy atom. The molecule has 104 valence electrons. The van der Waals surface area contributed by atoms with E-state index in [2.05, 4.69) is 15.9 Å². The normalized spacial score (nSPS) is 10.8. The molecule has 0 spiro atoms. The van der Waals surface area contributed by atoms with Gasteiger partial charge in [0.05, 0.1) is 5.33 Å². The molecule has 2 aromatic carbocycles. The van der Waals surface area contributed by atoms with Gasteiger partial charge in [-0.15, -0.1) is 0 Å². The SMILES string of the molecule is O=C(CBr)c1ccc(-c2ccc(SC(F)F)cc2)cc1. The van der Waals surface area contributed by atoms with Crippen molar-refractivity contribution in [1.29, 1.82) is 0 Å². The molecule has 0 aliphatic carbocycles. The molecule has 5 heteroatoms. The molecule has 1 nitrogen and oxygen atoms in total. The lowest BCUT2D eigenvalue weighted by Gasteiger charge is -2.05. The summed E-state index contributed by atoms with van der Waals surface area (Å²) in [6.07, 6.45) is 0. The summed E-state index contributed by atoms with van der Waals surface area (Å²) in [6.45, 7) is 0. The number of ketones is 1. The van der Waals surface area contributed by atoms with Crippen LogP contribution in [0.5, 0.6) is 0 Å². The minimum absolute atomic E-state index is 0.0280. The molecule has 0 saturated heterocycles. The molecule has 2 aromatic rings. The van der Waals surface area contributed by atoms with Gasteiger partial charge in [0.2, 0.25) is 0 Å². The van der Waals surface area contributed by atoms with Crippen LogP contribution in [0, 0.1) is 0 Å². The summed E-state index contributed by atoms with van der Waals surface area (Å²) in [7, 11) is 0. The Balaban J connectivity index is 2.17. The fourth-order valence-corrected chi connectivity index (χ4v) is 2.58. The largest absolute Gasteiger partial charge is 0.293 e. The molecule has 0 fully saturated rings. The van der Waals surface area contributed by atoms with Gasteiger partial charge in [0.15, 0.2) is 5.78 Å². The van der Waals surface area contributed by atoms with Crippen molar-refractivity contribution in [2.24, 2.45) is 0 Å². The number of hydrogen-bond acceptors (Lipinski definition) is 2. The van der Waals surface area contributed by atoms with Crippen LogP contribution >= 0.6 is 27.7 Å². The maximum absolute atomic E-state index is 12.2. The van der Waals surface area contributed by atoms with Crippen molar-refractivity contribution in [1.82, 2.24) is 0 Å². The predicted molar refractivity (Wildman–Crippen MR) is 81.9 cm³/mol. The van der Waals surface area contributed by atoms with Gasteiger partial charge >= 0.3 is 0 Å². The molecule has 0 heterocycles. The summed E-state index contributed by atoms with van der Waals surface area (Å²) in [5, 5.41) is 0.298. The molecule has 20 heavy (non-hydrogen) atoms. The topological polar surface area (TPSA) is 17.1 Å². The summed E-state index contributed by atoms with van der Waals surface area (Å²) in [6, 6.07) is 14.2. The molecule has 0 unspecified atom stereocenters. The Bertz CT molecular complexity index is 582. The number of rotatable bonds is 5. The van der Waals surface area contributed by atoms with Crippen LogP contribution < -0.4 is 0 Å². The van der Waals surface area contributed by atoms with E-state index in [1.165, 1.54) is 0 Å². The zero-order chi connectivity index (χ0) is 14.5. The molecule has 0 aliphatic heterocycles. The van der Waals surface area contributed by atoms with E-state index < -0.39 is 5.76 Å². The highest BCUT2D eigenvalue weighted by Crippen LogP contribution is 2.28. The van der Waals surface area contributed by atoms with Crippen LogP contribution in [0.3, 0.4) is 0 Å². The average molecular weight is 357 g/mol. The van der Waals surface area contributed by atoms with Gasteiger partial charge in [-0.2, -0.15) is 8.78 Å². The molecular formula is C15H11BrF2OS. The third kappa shape index (κ3) is 3.90. The van der Waals surface area contributed by atoms with Crippen LogP contribution in [0.25, 0.3) is 11.1 Å². The Morgan fingerprint density at radius 3 is 1.95 bits per heavy atom. The highest BCUT2D eigenvalue weighted by molar-refractivity contribution is 9.09. The number of halogens is 3. The smallest absolute Gasteiger partial charge is 0.288 e. The van der Waals surface area contributed by atoms with Crippen molar-refractivity contribution in [3.05, 3.63) is 54.1 Å². The first kappa shape index (κ1) is 15.2. The van der Waals surface area contributed by atoms with Gasteiger partial charge in [0, 0.05) is 10.5 Å². The minimum Gasteiger partial charge on any atom is -0.293 e. The quantitative estimate of drug-likeness (QED) is 0.413. The van der Waals surface area contributed by atoms with Gasteiger partial charge in [-0.3, -0.25) is 4.79 Å². The second-order valence-electron chi connectivity index (χ2n) is 4.04. The molecule has 0 bridgehead atoms. The van der Waals surface area contributed by atoms with E-state index in [9.17, 15) is 13.6 Å². The van der Waals surface area contributed by atoms with Gasteiger partial charge in [-0.1, -0.05) is 64.1 Å². The van der Waals surface area contributed by atoms with Crippen molar-refractivity contribution in [2.75, 3.05) is 5.33 Å². The standard InChI is InChI=1S/C15H11BrF2OS/c16-9-14(19)12-3-1-10(2-4-12)11-5-7-13(8-6-11)20-15(17)18/h1-8,15H,9H2. The van der Waals surface area contributed by atoms with E-state index in [1.54, 1.807) is 36.4 Å². The lowest BCUT2D eigenvalue weighted by molar-refractivity contribution is 0.102. The van der Waals surface area contributed by atoms with Crippen molar-refractivity contribution in [2.45, 2.75) is 10.7 Å². The van der Waals surface area contributed by atoms with Crippen LogP contribution in [0.15, 0.2) is 53.4 Å². The third-order valence-electron chi connectivity index (χ3n) is 2.74. The van der Waals surface area contributed by atoms with E-state index in [4.69, 9.17) is 0 Å². The zero-order valence-corrected chi connectivity index (χ0v) is 12.8. The number of alkyl halides is 3. The number of benzene rings is 2. The van der Waals surface area contributed by atoms with Crippen molar-refractivity contribution in [3.8, 4) is 11.1 Å².